The minimum Gasteiger partial charge on any atom is -0.454 e. The van der Waals surface area contributed by atoms with Gasteiger partial charge in [0.05, 0.1) is 10.7 Å². The number of rotatable bonds is 4. The first-order valence-corrected chi connectivity index (χ1v) is 10.7. The molecule has 2 aliphatic heterocycles. The van der Waals surface area contributed by atoms with Crippen molar-refractivity contribution in [1.82, 2.24) is 9.80 Å². The molecular weight excluding hydrogens is 406 g/mol. The van der Waals surface area contributed by atoms with Crippen LogP contribution in [0.5, 0.6) is 11.5 Å². The smallest absolute Gasteiger partial charge is 0.231 e. The summed E-state index contributed by atoms with van der Waals surface area (Å²) >= 11 is 12.3. The van der Waals surface area contributed by atoms with Crippen LogP contribution in [0, 0.1) is 6.92 Å². The molecule has 0 aromatic heterocycles. The van der Waals surface area contributed by atoms with E-state index in [9.17, 15) is 0 Å². The van der Waals surface area contributed by atoms with Crippen molar-refractivity contribution in [3.8, 4) is 11.5 Å². The third-order valence-corrected chi connectivity index (χ3v) is 6.29. The van der Waals surface area contributed by atoms with Gasteiger partial charge in [0.15, 0.2) is 16.6 Å². The van der Waals surface area contributed by atoms with E-state index in [1.807, 2.05) is 37.3 Å². The molecule has 29 heavy (non-hydrogen) atoms. The van der Waals surface area contributed by atoms with E-state index in [1.54, 1.807) is 0 Å². The Bertz CT molecular complexity index is 879. The summed E-state index contributed by atoms with van der Waals surface area (Å²) < 4.78 is 11.0. The molecule has 0 bridgehead atoms. The largest absolute Gasteiger partial charge is 0.454 e. The van der Waals surface area contributed by atoms with Gasteiger partial charge in [-0.1, -0.05) is 29.8 Å². The van der Waals surface area contributed by atoms with Gasteiger partial charge >= 0.3 is 0 Å². The van der Waals surface area contributed by atoms with Crippen LogP contribution < -0.4 is 14.8 Å². The van der Waals surface area contributed by atoms with Crippen molar-refractivity contribution in [3.63, 3.8) is 0 Å². The Hall–Kier alpha value is -2.02. The van der Waals surface area contributed by atoms with E-state index in [0.717, 1.165) is 54.2 Å². The first-order chi connectivity index (χ1) is 14.0. The average molecular weight is 432 g/mol. The summed E-state index contributed by atoms with van der Waals surface area (Å²) in [5.74, 6) is 1.60. The molecule has 0 radical (unpaired) electrons. The van der Waals surface area contributed by atoms with E-state index < -0.39 is 0 Å². The van der Waals surface area contributed by atoms with Gasteiger partial charge in [0, 0.05) is 12.6 Å². The standard InChI is InChI=1S/C22H26ClN3O2S/c1-15-4-3-5-18(23)21(15)24-22(29)26(17-8-10-25(2)11-9-17)13-16-6-7-19-20(12-16)28-14-27-19/h3-7,12,17H,8-11,13-14H2,1-2H3,(H,24,29). The molecule has 7 heteroatoms. The van der Waals surface area contributed by atoms with Gasteiger partial charge in [0.1, 0.15) is 0 Å². The number of benzene rings is 2. The third-order valence-electron chi connectivity index (χ3n) is 5.63. The predicted molar refractivity (Wildman–Crippen MR) is 121 cm³/mol. The Balaban J connectivity index is 1.57. The maximum absolute atomic E-state index is 6.43. The average Bonchev–Trinajstić information content (AvgIpc) is 3.17. The minimum atomic E-state index is 0.281. The topological polar surface area (TPSA) is 37.0 Å². The summed E-state index contributed by atoms with van der Waals surface area (Å²) in [6, 6.07) is 12.4. The first-order valence-electron chi connectivity index (χ1n) is 9.91. The molecule has 0 aliphatic carbocycles. The first kappa shape index (κ1) is 20.3. The number of aryl methyl sites for hydroxylation is 1. The van der Waals surface area contributed by atoms with Crippen LogP contribution in [-0.2, 0) is 6.54 Å². The molecule has 2 heterocycles. The maximum atomic E-state index is 6.43. The van der Waals surface area contributed by atoms with Crippen molar-refractivity contribution in [2.24, 2.45) is 0 Å². The van der Waals surface area contributed by atoms with Crippen LogP contribution in [0.25, 0.3) is 0 Å². The number of hydrogen-bond donors (Lipinski definition) is 1. The highest BCUT2D eigenvalue weighted by atomic mass is 35.5. The third kappa shape index (κ3) is 4.60. The van der Waals surface area contributed by atoms with Gasteiger partial charge in [-0.25, -0.2) is 0 Å². The second kappa shape index (κ2) is 8.78. The lowest BCUT2D eigenvalue weighted by molar-refractivity contribution is 0.172. The summed E-state index contributed by atoms with van der Waals surface area (Å²) in [4.78, 5) is 4.66. The fraction of sp³-hybridized carbons (Fsp3) is 0.409. The molecule has 0 saturated carbocycles. The van der Waals surface area contributed by atoms with Crippen molar-refractivity contribution in [2.75, 3.05) is 32.2 Å². The molecule has 154 valence electrons. The van der Waals surface area contributed by atoms with Crippen LogP contribution in [0.15, 0.2) is 36.4 Å². The number of likely N-dealkylation sites (tertiary alicyclic amines) is 1. The number of para-hydroxylation sites is 1. The molecule has 2 aliphatic rings. The zero-order chi connectivity index (χ0) is 20.4. The van der Waals surface area contributed by atoms with E-state index in [1.165, 1.54) is 0 Å². The fourth-order valence-corrected chi connectivity index (χ4v) is 4.46. The van der Waals surface area contributed by atoms with Crippen LogP contribution in [-0.4, -0.2) is 47.9 Å². The number of nitrogens with zero attached hydrogens (tertiary/aromatic N) is 2. The zero-order valence-electron chi connectivity index (χ0n) is 16.8. The van der Waals surface area contributed by atoms with Crippen LogP contribution in [0.4, 0.5) is 5.69 Å². The van der Waals surface area contributed by atoms with Crippen LogP contribution in [0.2, 0.25) is 5.02 Å². The second-order valence-corrected chi connectivity index (χ2v) is 8.51. The van der Waals surface area contributed by atoms with Gasteiger partial charge in [-0.15, -0.1) is 0 Å². The molecule has 0 atom stereocenters. The highest BCUT2D eigenvalue weighted by Gasteiger charge is 2.26. The quantitative estimate of drug-likeness (QED) is 0.709. The van der Waals surface area contributed by atoms with Gasteiger partial charge in [0.25, 0.3) is 0 Å². The Labute approximate surface area is 182 Å². The van der Waals surface area contributed by atoms with Gasteiger partial charge < -0.3 is 24.6 Å². The number of fused-ring (bicyclic) bond motifs is 1. The van der Waals surface area contributed by atoms with Gasteiger partial charge in [-0.3, -0.25) is 0 Å². The number of halogens is 1. The lowest BCUT2D eigenvalue weighted by atomic mass is 10.0. The molecule has 2 aromatic carbocycles. The molecule has 0 unspecified atom stereocenters. The molecular formula is C22H26ClN3O2S. The monoisotopic (exact) mass is 431 g/mol. The number of thiocarbonyl (C=S) groups is 1. The van der Waals surface area contributed by atoms with Gasteiger partial charge in [-0.2, -0.15) is 0 Å². The van der Waals surface area contributed by atoms with Crippen molar-refractivity contribution in [3.05, 3.63) is 52.5 Å². The Kier molecular flexibility index (Phi) is 6.13. The zero-order valence-corrected chi connectivity index (χ0v) is 18.4. The highest BCUT2D eigenvalue weighted by Crippen LogP contribution is 2.33. The molecule has 1 saturated heterocycles. The lowest BCUT2D eigenvalue weighted by Gasteiger charge is -2.39. The molecule has 0 amide bonds. The number of hydrogen-bond acceptors (Lipinski definition) is 4. The molecule has 2 aromatic rings. The van der Waals surface area contributed by atoms with E-state index in [2.05, 4.69) is 28.2 Å². The summed E-state index contributed by atoms with van der Waals surface area (Å²) in [5.41, 5.74) is 3.10. The van der Waals surface area contributed by atoms with Crippen molar-refractivity contribution in [2.45, 2.75) is 32.4 Å². The number of nitrogens with one attached hydrogen (secondary N) is 1. The molecule has 4 rings (SSSR count). The molecule has 1 N–H and O–H groups in total. The van der Waals surface area contributed by atoms with E-state index in [0.29, 0.717) is 22.7 Å². The SMILES string of the molecule is Cc1cccc(Cl)c1NC(=S)N(Cc1ccc2c(c1)OCO2)C1CCN(C)CC1. The molecule has 5 nitrogen and oxygen atoms in total. The number of ether oxygens (including phenoxy) is 2. The normalized spacial score (nSPS) is 16.7. The second-order valence-electron chi connectivity index (χ2n) is 7.71. The van der Waals surface area contributed by atoms with Crippen molar-refractivity contribution in [1.29, 1.82) is 0 Å². The summed E-state index contributed by atoms with van der Waals surface area (Å²) in [5, 5.41) is 4.80. The Morgan fingerprint density at radius 1 is 1.21 bits per heavy atom. The summed E-state index contributed by atoms with van der Waals surface area (Å²) in [6.45, 7) is 5.16. The van der Waals surface area contributed by atoms with Crippen LogP contribution in [0.1, 0.15) is 24.0 Å². The van der Waals surface area contributed by atoms with E-state index in [4.69, 9.17) is 33.3 Å². The predicted octanol–water partition coefficient (Wildman–Crippen LogP) is 4.67. The van der Waals surface area contributed by atoms with Crippen molar-refractivity contribution >= 4 is 34.6 Å². The number of anilines is 1. The Morgan fingerprint density at radius 2 is 1.97 bits per heavy atom. The molecule has 0 spiro atoms. The highest BCUT2D eigenvalue weighted by molar-refractivity contribution is 7.80. The summed E-state index contributed by atoms with van der Waals surface area (Å²) in [7, 11) is 2.17. The summed E-state index contributed by atoms with van der Waals surface area (Å²) in [6.07, 6.45) is 2.15. The van der Waals surface area contributed by atoms with Gasteiger partial charge in [-0.05, 0) is 81.4 Å². The molecule has 1 fully saturated rings. The maximum Gasteiger partial charge on any atom is 0.231 e. The van der Waals surface area contributed by atoms with Crippen molar-refractivity contribution < 1.29 is 9.47 Å². The van der Waals surface area contributed by atoms with Crippen LogP contribution >= 0.6 is 23.8 Å². The lowest BCUT2D eigenvalue weighted by Crippen LogP contribution is -2.47. The van der Waals surface area contributed by atoms with E-state index in [-0.39, 0.29) is 6.79 Å². The van der Waals surface area contributed by atoms with Gasteiger partial charge in [0.2, 0.25) is 6.79 Å². The number of piperidine rings is 1. The Morgan fingerprint density at radius 3 is 2.72 bits per heavy atom. The van der Waals surface area contributed by atoms with E-state index >= 15 is 0 Å². The minimum absolute atomic E-state index is 0.281. The van der Waals surface area contributed by atoms with Crippen LogP contribution in [0.3, 0.4) is 0 Å². The fourth-order valence-electron chi connectivity index (χ4n) is 3.88.